The highest BCUT2D eigenvalue weighted by atomic mass is 16.4. The van der Waals surface area contributed by atoms with Crippen molar-refractivity contribution in [3.8, 4) is 0 Å². The Morgan fingerprint density at radius 1 is 1.60 bits per heavy atom. The number of nitrogens with zero attached hydrogens (tertiary/aromatic N) is 1. The van der Waals surface area contributed by atoms with Crippen LogP contribution >= 0.6 is 0 Å². The van der Waals surface area contributed by atoms with Crippen molar-refractivity contribution in [2.24, 2.45) is 5.92 Å². The second kappa shape index (κ2) is 4.77. The van der Waals surface area contributed by atoms with Gasteiger partial charge in [-0.15, -0.1) is 0 Å². The largest absolute Gasteiger partial charge is 0.443 e. The lowest BCUT2D eigenvalue weighted by atomic mass is 9.92. The summed E-state index contributed by atoms with van der Waals surface area (Å²) in [4.78, 5) is 4.05. The van der Waals surface area contributed by atoms with Crippen LogP contribution < -0.4 is 5.32 Å². The lowest BCUT2D eigenvalue weighted by molar-refractivity contribution is 0.105. The highest BCUT2D eigenvalue weighted by molar-refractivity contribution is 4.94. The normalized spacial score (nSPS) is 20.4. The summed E-state index contributed by atoms with van der Waals surface area (Å²) in [5.74, 6) is 1.81. The topological polar surface area (TPSA) is 58.3 Å². The number of aliphatic hydroxyl groups is 1. The lowest BCUT2D eigenvalue weighted by Crippen LogP contribution is -2.28. The molecule has 0 amide bonds. The first-order valence-corrected chi connectivity index (χ1v) is 5.57. The molecule has 4 nitrogen and oxygen atoms in total. The zero-order valence-corrected chi connectivity index (χ0v) is 9.07. The molecule has 1 fully saturated rings. The Morgan fingerprint density at radius 2 is 2.33 bits per heavy atom. The fourth-order valence-electron chi connectivity index (χ4n) is 2.06. The molecule has 0 bridgehead atoms. The van der Waals surface area contributed by atoms with E-state index in [1.54, 1.807) is 6.20 Å². The Bertz CT molecular complexity index is 305. The highest BCUT2D eigenvalue weighted by Gasteiger charge is 2.21. The maximum absolute atomic E-state index is 9.91. The maximum Gasteiger partial charge on any atom is 0.223 e. The van der Waals surface area contributed by atoms with Gasteiger partial charge in [0, 0.05) is 0 Å². The van der Waals surface area contributed by atoms with Crippen molar-refractivity contribution in [1.82, 2.24) is 10.3 Å². The quantitative estimate of drug-likeness (QED) is 0.792. The molecule has 0 aromatic carbocycles. The average molecular weight is 210 g/mol. The number of nitrogens with one attached hydrogen (secondary N) is 1. The van der Waals surface area contributed by atoms with E-state index in [1.165, 1.54) is 0 Å². The van der Waals surface area contributed by atoms with Gasteiger partial charge in [0.2, 0.25) is 5.89 Å². The van der Waals surface area contributed by atoms with Gasteiger partial charge in [0.1, 0.15) is 11.9 Å². The van der Waals surface area contributed by atoms with Crippen LogP contribution in [0.4, 0.5) is 0 Å². The fraction of sp³-hybridized carbons (Fsp3) is 0.727. The van der Waals surface area contributed by atoms with Gasteiger partial charge < -0.3 is 14.8 Å². The molecule has 84 valence electrons. The van der Waals surface area contributed by atoms with Crippen molar-refractivity contribution >= 4 is 0 Å². The van der Waals surface area contributed by atoms with Crippen LogP contribution in [0.2, 0.25) is 0 Å². The van der Waals surface area contributed by atoms with E-state index in [4.69, 9.17) is 4.42 Å². The molecule has 0 aliphatic carbocycles. The van der Waals surface area contributed by atoms with Gasteiger partial charge in [-0.3, -0.25) is 0 Å². The summed E-state index contributed by atoms with van der Waals surface area (Å²) in [5.41, 5.74) is 0. The Labute approximate surface area is 89.7 Å². The standard InChI is InChI=1S/C11H18N2O2/c1-8-7-13-11(15-8)10(14)6-9-2-4-12-5-3-9/h7,9-10,12,14H,2-6H2,1H3. The molecule has 1 aliphatic rings. The van der Waals surface area contributed by atoms with Gasteiger partial charge in [0.25, 0.3) is 0 Å². The fourth-order valence-corrected chi connectivity index (χ4v) is 2.06. The molecule has 0 spiro atoms. The first kappa shape index (κ1) is 10.6. The van der Waals surface area contributed by atoms with Gasteiger partial charge >= 0.3 is 0 Å². The summed E-state index contributed by atoms with van der Waals surface area (Å²) in [5, 5.41) is 13.2. The molecular formula is C11H18N2O2. The highest BCUT2D eigenvalue weighted by Crippen LogP contribution is 2.25. The molecule has 1 atom stereocenters. The van der Waals surface area contributed by atoms with Crippen molar-refractivity contribution in [2.75, 3.05) is 13.1 Å². The molecule has 1 unspecified atom stereocenters. The number of hydrogen-bond donors (Lipinski definition) is 2. The molecule has 2 N–H and O–H groups in total. The molecular weight excluding hydrogens is 192 g/mol. The second-order valence-corrected chi connectivity index (χ2v) is 4.25. The van der Waals surface area contributed by atoms with Crippen molar-refractivity contribution in [2.45, 2.75) is 32.3 Å². The van der Waals surface area contributed by atoms with E-state index in [-0.39, 0.29) is 0 Å². The van der Waals surface area contributed by atoms with Crippen LogP contribution in [-0.2, 0) is 0 Å². The van der Waals surface area contributed by atoms with Gasteiger partial charge in [-0.2, -0.15) is 0 Å². The number of aliphatic hydroxyl groups excluding tert-OH is 1. The van der Waals surface area contributed by atoms with E-state index < -0.39 is 6.10 Å². The third-order valence-corrected chi connectivity index (χ3v) is 2.94. The van der Waals surface area contributed by atoms with E-state index in [0.717, 1.165) is 38.1 Å². The molecule has 0 saturated carbocycles. The summed E-state index contributed by atoms with van der Waals surface area (Å²) in [7, 11) is 0. The molecule has 1 aromatic rings. The van der Waals surface area contributed by atoms with Crippen LogP contribution in [0.3, 0.4) is 0 Å². The monoisotopic (exact) mass is 210 g/mol. The van der Waals surface area contributed by atoms with Gasteiger partial charge in [-0.25, -0.2) is 4.98 Å². The average Bonchev–Trinajstić information content (AvgIpc) is 2.66. The predicted octanol–water partition coefficient (Wildman–Crippen LogP) is 1.41. The summed E-state index contributed by atoms with van der Waals surface area (Å²) >= 11 is 0. The number of aromatic nitrogens is 1. The molecule has 1 aromatic heterocycles. The molecule has 2 rings (SSSR count). The second-order valence-electron chi connectivity index (χ2n) is 4.25. The van der Waals surface area contributed by atoms with Crippen LogP contribution in [0.5, 0.6) is 0 Å². The molecule has 1 aliphatic heterocycles. The SMILES string of the molecule is Cc1cnc(C(O)CC2CCNCC2)o1. The first-order valence-electron chi connectivity index (χ1n) is 5.57. The van der Waals surface area contributed by atoms with Gasteiger partial charge in [-0.1, -0.05) is 0 Å². The van der Waals surface area contributed by atoms with E-state index in [1.807, 2.05) is 6.92 Å². The molecule has 0 radical (unpaired) electrons. The third-order valence-electron chi connectivity index (χ3n) is 2.94. The van der Waals surface area contributed by atoms with Crippen LogP contribution in [0.15, 0.2) is 10.6 Å². The Balaban J connectivity index is 1.88. The van der Waals surface area contributed by atoms with Crippen molar-refractivity contribution < 1.29 is 9.52 Å². The van der Waals surface area contributed by atoms with Crippen LogP contribution in [0.1, 0.15) is 37.0 Å². The van der Waals surface area contributed by atoms with E-state index in [9.17, 15) is 5.11 Å². The zero-order chi connectivity index (χ0) is 10.7. The molecule has 4 heteroatoms. The summed E-state index contributed by atoms with van der Waals surface area (Å²) in [6.45, 7) is 3.96. The Kier molecular flexibility index (Phi) is 3.38. The number of oxazole rings is 1. The van der Waals surface area contributed by atoms with E-state index in [2.05, 4.69) is 10.3 Å². The minimum Gasteiger partial charge on any atom is -0.443 e. The molecule has 1 saturated heterocycles. The first-order chi connectivity index (χ1) is 7.25. The summed E-state index contributed by atoms with van der Waals surface area (Å²) in [6.07, 6.45) is 4.15. The molecule has 2 heterocycles. The van der Waals surface area contributed by atoms with Gasteiger partial charge in [0.05, 0.1) is 6.20 Å². The Hall–Kier alpha value is -0.870. The van der Waals surface area contributed by atoms with E-state index in [0.29, 0.717) is 11.8 Å². The predicted molar refractivity (Wildman–Crippen MR) is 56.4 cm³/mol. The Morgan fingerprint density at radius 3 is 2.93 bits per heavy atom. The van der Waals surface area contributed by atoms with Crippen molar-refractivity contribution in [3.63, 3.8) is 0 Å². The summed E-state index contributed by atoms with van der Waals surface area (Å²) < 4.78 is 5.31. The molecule has 15 heavy (non-hydrogen) atoms. The lowest BCUT2D eigenvalue weighted by Gasteiger charge is -2.23. The van der Waals surface area contributed by atoms with Gasteiger partial charge in [0.15, 0.2) is 0 Å². The smallest absolute Gasteiger partial charge is 0.223 e. The van der Waals surface area contributed by atoms with E-state index >= 15 is 0 Å². The van der Waals surface area contributed by atoms with Gasteiger partial charge in [-0.05, 0) is 45.2 Å². The third kappa shape index (κ3) is 2.79. The summed E-state index contributed by atoms with van der Waals surface area (Å²) in [6, 6.07) is 0. The van der Waals surface area contributed by atoms with Crippen LogP contribution in [0.25, 0.3) is 0 Å². The number of piperidine rings is 1. The van der Waals surface area contributed by atoms with Crippen molar-refractivity contribution in [1.29, 1.82) is 0 Å². The minimum absolute atomic E-state index is 0.464. The van der Waals surface area contributed by atoms with Crippen molar-refractivity contribution in [3.05, 3.63) is 17.8 Å². The zero-order valence-electron chi connectivity index (χ0n) is 9.07. The van der Waals surface area contributed by atoms with Crippen LogP contribution in [-0.4, -0.2) is 23.2 Å². The number of hydrogen-bond acceptors (Lipinski definition) is 4. The number of aryl methyl sites for hydroxylation is 1. The van der Waals surface area contributed by atoms with Crippen LogP contribution in [0, 0.1) is 12.8 Å². The number of rotatable bonds is 3. The maximum atomic E-state index is 9.91. The minimum atomic E-state index is -0.540.